The van der Waals surface area contributed by atoms with Gasteiger partial charge in [-0.3, -0.25) is 4.68 Å². The molecule has 18 heavy (non-hydrogen) atoms. The highest BCUT2D eigenvalue weighted by Crippen LogP contribution is 2.18. The number of rotatable bonds is 5. The van der Waals surface area contributed by atoms with Crippen LogP contribution in [0.5, 0.6) is 5.75 Å². The predicted molar refractivity (Wildman–Crippen MR) is 71.3 cm³/mol. The monoisotopic (exact) mass is 245 g/mol. The van der Waals surface area contributed by atoms with Crippen molar-refractivity contribution in [2.75, 3.05) is 0 Å². The van der Waals surface area contributed by atoms with E-state index in [9.17, 15) is 5.11 Å². The fourth-order valence-corrected chi connectivity index (χ4v) is 2.06. The van der Waals surface area contributed by atoms with E-state index in [4.69, 9.17) is 0 Å². The third kappa shape index (κ3) is 3.34. The van der Waals surface area contributed by atoms with Crippen molar-refractivity contribution >= 4 is 0 Å². The Bertz CT molecular complexity index is 482. The lowest BCUT2D eigenvalue weighted by atomic mass is 10.1. The lowest BCUT2D eigenvalue weighted by molar-refractivity contribution is 0.411. The molecule has 0 radical (unpaired) electrons. The summed E-state index contributed by atoms with van der Waals surface area (Å²) in [7, 11) is 0. The molecule has 4 nitrogen and oxygen atoms in total. The van der Waals surface area contributed by atoms with Crippen molar-refractivity contribution in [2.45, 2.75) is 32.5 Å². The third-order valence-corrected chi connectivity index (χ3v) is 2.92. The summed E-state index contributed by atoms with van der Waals surface area (Å²) in [6.45, 7) is 5.05. The summed E-state index contributed by atoms with van der Waals surface area (Å²) in [4.78, 5) is 0. The number of hydrogen-bond acceptors (Lipinski definition) is 3. The molecule has 2 atom stereocenters. The summed E-state index contributed by atoms with van der Waals surface area (Å²) in [6.07, 6.45) is 3.74. The van der Waals surface area contributed by atoms with Crippen LogP contribution >= 0.6 is 0 Å². The fraction of sp³-hybridized carbons (Fsp3) is 0.357. The normalized spacial score (nSPS) is 14.3. The van der Waals surface area contributed by atoms with Gasteiger partial charge < -0.3 is 10.4 Å². The SMILES string of the molecule is C[C@@H](Cn1cccn1)N[C@H](C)c1cccc(O)c1. The average molecular weight is 245 g/mol. The Morgan fingerprint density at radius 3 is 2.83 bits per heavy atom. The van der Waals surface area contributed by atoms with Gasteiger partial charge in [-0.1, -0.05) is 12.1 Å². The van der Waals surface area contributed by atoms with E-state index in [2.05, 4.69) is 24.3 Å². The zero-order valence-electron chi connectivity index (χ0n) is 10.7. The van der Waals surface area contributed by atoms with Crippen LogP contribution in [0.2, 0.25) is 0 Å². The third-order valence-electron chi connectivity index (χ3n) is 2.92. The molecule has 0 fully saturated rings. The minimum atomic E-state index is 0.197. The van der Waals surface area contributed by atoms with Gasteiger partial charge in [0, 0.05) is 24.5 Å². The molecule has 2 rings (SSSR count). The quantitative estimate of drug-likeness (QED) is 0.850. The summed E-state index contributed by atoms with van der Waals surface area (Å²) in [5, 5.41) is 17.1. The molecule has 1 heterocycles. The van der Waals surface area contributed by atoms with Gasteiger partial charge in [-0.2, -0.15) is 5.10 Å². The Hall–Kier alpha value is -1.81. The van der Waals surface area contributed by atoms with Crippen LogP contribution in [-0.2, 0) is 6.54 Å². The van der Waals surface area contributed by atoms with Gasteiger partial charge in [0.1, 0.15) is 5.75 Å². The van der Waals surface area contributed by atoms with Crippen LogP contribution < -0.4 is 5.32 Å². The zero-order valence-corrected chi connectivity index (χ0v) is 10.7. The number of benzene rings is 1. The lowest BCUT2D eigenvalue weighted by Gasteiger charge is -2.20. The first-order chi connectivity index (χ1) is 8.65. The van der Waals surface area contributed by atoms with Gasteiger partial charge >= 0.3 is 0 Å². The minimum Gasteiger partial charge on any atom is -0.508 e. The molecule has 0 saturated carbocycles. The number of nitrogens with one attached hydrogen (secondary N) is 1. The van der Waals surface area contributed by atoms with Crippen molar-refractivity contribution in [1.82, 2.24) is 15.1 Å². The largest absolute Gasteiger partial charge is 0.508 e. The number of phenols is 1. The van der Waals surface area contributed by atoms with Crippen molar-refractivity contribution in [3.63, 3.8) is 0 Å². The number of hydrogen-bond donors (Lipinski definition) is 2. The maximum absolute atomic E-state index is 9.46. The first kappa shape index (κ1) is 12.6. The molecule has 0 aliphatic rings. The van der Waals surface area contributed by atoms with Gasteiger partial charge in [0.15, 0.2) is 0 Å². The highest BCUT2D eigenvalue weighted by Gasteiger charge is 2.10. The van der Waals surface area contributed by atoms with E-state index in [1.54, 1.807) is 18.3 Å². The second kappa shape index (κ2) is 5.69. The molecule has 1 aromatic heterocycles. The molecule has 0 spiro atoms. The molecular formula is C14H19N3O. The standard InChI is InChI=1S/C14H19N3O/c1-11(10-17-8-4-7-15-17)16-12(2)13-5-3-6-14(18)9-13/h3-9,11-12,16,18H,10H2,1-2H3/t11-,12+/m0/s1. The number of aromatic nitrogens is 2. The van der Waals surface area contributed by atoms with Crippen LogP contribution in [0.3, 0.4) is 0 Å². The van der Waals surface area contributed by atoms with E-state index in [0.29, 0.717) is 11.8 Å². The van der Waals surface area contributed by atoms with Gasteiger partial charge in [-0.25, -0.2) is 0 Å². The van der Waals surface area contributed by atoms with Crippen molar-refractivity contribution in [3.05, 3.63) is 48.3 Å². The van der Waals surface area contributed by atoms with E-state index in [0.717, 1.165) is 12.1 Å². The molecule has 2 N–H and O–H groups in total. The molecule has 1 aromatic carbocycles. The highest BCUT2D eigenvalue weighted by atomic mass is 16.3. The topological polar surface area (TPSA) is 50.1 Å². The molecule has 0 aliphatic heterocycles. The van der Waals surface area contributed by atoms with E-state index in [-0.39, 0.29) is 6.04 Å². The van der Waals surface area contributed by atoms with E-state index in [1.165, 1.54) is 0 Å². The highest BCUT2D eigenvalue weighted by molar-refractivity contribution is 5.29. The zero-order chi connectivity index (χ0) is 13.0. The van der Waals surface area contributed by atoms with Crippen molar-refractivity contribution in [1.29, 1.82) is 0 Å². The Morgan fingerprint density at radius 2 is 2.17 bits per heavy atom. The molecule has 0 amide bonds. The van der Waals surface area contributed by atoms with Gasteiger partial charge in [0.25, 0.3) is 0 Å². The molecule has 0 unspecified atom stereocenters. The van der Waals surface area contributed by atoms with Crippen molar-refractivity contribution < 1.29 is 5.11 Å². The number of nitrogens with zero attached hydrogens (tertiary/aromatic N) is 2. The fourth-order valence-electron chi connectivity index (χ4n) is 2.06. The first-order valence-corrected chi connectivity index (χ1v) is 6.17. The van der Waals surface area contributed by atoms with Crippen LogP contribution in [-0.4, -0.2) is 20.9 Å². The molecular weight excluding hydrogens is 226 g/mol. The Kier molecular flexibility index (Phi) is 3.99. The van der Waals surface area contributed by atoms with Crippen LogP contribution in [0.4, 0.5) is 0 Å². The first-order valence-electron chi connectivity index (χ1n) is 6.17. The molecule has 4 heteroatoms. The van der Waals surface area contributed by atoms with Crippen LogP contribution in [0.15, 0.2) is 42.7 Å². The summed E-state index contributed by atoms with van der Waals surface area (Å²) in [5.74, 6) is 0.306. The maximum atomic E-state index is 9.46. The Labute approximate surface area is 107 Å². The van der Waals surface area contributed by atoms with Gasteiger partial charge in [0.05, 0.1) is 6.54 Å². The second-order valence-electron chi connectivity index (χ2n) is 4.61. The van der Waals surface area contributed by atoms with Crippen molar-refractivity contribution in [2.24, 2.45) is 0 Å². The van der Waals surface area contributed by atoms with Crippen LogP contribution in [0.1, 0.15) is 25.5 Å². The van der Waals surface area contributed by atoms with Crippen LogP contribution in [0, 0.1) is 0 Å². The summed E-state index contributed by atoms with van der Waals surface area (Å²) >= 11 is 0. The summed E-state index contributed by atoms with van der Waals surface area (Å²) in [5.41, 5.74) is 1.09. The molecule has 2 aromatic rings. The second-order valence-corrected chi connectivity index (χ2v) is 4.61. The van der Waals surface area contributed by atoms with E-state index < -0.39 is 0 Å². The Morgan fingerprint density at radius 1 is 1.33 bits per heavy atom. The van der Waals surface area contributed by atoms with Gasteiger partial charge in [-0.05, 0) is 37.6 Å². The minimum absolute atomic E-state index is 0.197. The summed E-state index contributed by atoms with van der Waals surface area (Å²) < 4.78 is 1.91. The average Bonchev–Trinajstić information content (AvgIpc) is 2.81. The molecule has 96 valence electrons. The van der Waals surface area contributed by atoms with E-state index in [1.807, 2.05) is 29.1 Å². The van der Waals surface area contributed by atoms with Gasteiger partial charge in [-0.15, -0.1) is 0 Å². The maximum Gasteiger partial charge on any atom is 0.115 e. The number of aromatic hydroxyl groups is 1. The number of phenolic OH excluding ortho intramolecular Hbond substituents is 1. The molecule has 0 saturated heterocycles. The van der Waals surface area contributed by atoms with Crippen molar-refractivity contribution in [3.8, 4) is 5.75 Å². The lowest BCUT2D eigenvalue weighted by Crippen LogP contribution is -2.32. The van der Waals surface area contributed by atoms with Crippen LogP contribution in [0.25, 0.3) is 0 Å². The summed E-state index contributed by atoms with van der Waals surface area (Å²) in [6, 6.07) is 9.77. The van der Waals surface area contributed by atoms with E-state index >= 15 is 0 Å². The predicted octanol–water partition coefficient (Wildman–Crippen LogP) is 2.33. The molecule has 0 bridgehead atoms. The Balaban J connectivity index is 1.92. The smallest absolute Gasteiger partial charge is 0.115 e. The molecule has 0 aliphatic carbocycles. The van der Waals surface area contributed by atoms with Gasteiger partial charge in [0.2, 0.25) is 0 Å².